The van der Waals surface area contributed by atoms with E-state index in [9.17, 15) is 9.59 Å². The van der Waals surface area contributed by atoms with Gasteiger partial charge >= 0.3 is 11.6 Å². The first-order chi connectivity index (χ1) is 6.91. The predicted molar refractivity (Wildman–Crippen MR) is 54.9 cm³/mol. The summed E-state index contributed by atoms with van der Waals surface area (Å²) in [6.45, 7) is 5.29. The molecule has 0 aromatic carbocycles. The summed E-state index contributed by atoms with van der Waals surface area (Å²) >= 11 is 0. The molecule has 0 fully saturated rings. The van der Waals surface area contributed by atoms with E-state index in [4.69, 9.17) is 9.52 Å². The van der Waals surface area contributed by atoms with Gasteiger partial charge < -0.3 is 9.52 Å². The van der Waals surface area contributed by atoms with Crippen molar-refractivity contribution in [1.29, 1.82) is 0 Å². The molecule has 0 radical (unpaired) electrons. The molecular formula is C11H14O4. The third-order valence-corrected chi connectivity index (χ3v) is 2.17. The first-order valence-electron chi connectivity index (χ1n) is 4.76. The van der Waals surface area contributed by atoms with Gasteiger partial charge in [-0.3, -0.25) is 4.79 Å². The lowest BCUT2D eigenvalue weighted by atomic mass is 9.93. The second-order valence-electron chi connectivity index (χ2n) is 3.92. The zero-order valence-electron chi connectivity index (χ0n) is 8.98. The summed E-state index contributed by atoms with van der Waals surface area (Å²) in [6, 6.07) is 2.93. The van der Waals surface area contributed by atoms with E-state index in [1.165, 1.54) is 6.07 Å². The van der Waals surface area contributed by atoms with Gasteiger partial charge in [0, 0.05) is 6.07 Å². The van der Waals surface area contributed by atoms with Crippen LogP contribution in [0.25, 0.3) is 0 Å². The van der Waals surface area contributed by atoms with Crippen LogP contribution in [0.3, 0.4) is 0 Å². The number of rotatable bonds is 3. The molecule has 1 N–H and O–H groups in total. The summed E-state index contributed by atoms with van der Waals surface area (Å²) in [4.78, 5) is 22.1. The van der Waals surface area contributed by atoms with Crippen LogP contribution in [0.4, 0.5) is 0 Å². The number of hydrogen-bond donors (Lipinski definition) is 1. The zero-order valence-corrected chi connectivity index (χ0v) is 8.98. The maximum absolute atomic E-state index is 11.1. The maximum atomic E-state index is 11.1. The minimum absolute atomic E-state index is 0.118. The van der Waals surface area contributed by atoms with Gasteiger partial charge in [0.25, 0.3) is 0 Å². The molecule has 82 valence electrons. The number of carboxylic acid groups (broad SMARTS) is 1. The van der Waals surface area contributed by atoms with Crippen LogP contribution in [-0.4, -0.2) is 11.1 Å². The normalized spacial score (nSPS) is 12.8. The number of aryl methyl sites for hydroxylation is 1. The topological polar surface area (TPSA) is 67.5 Å². The SMILES string of the molecule is Cc1cc(C(C(=O)O)C(C)C)oc(=O)c1. The highest BCUT2D eigenvalue weighted by Gasteiger charge is 2.26. The van der Waals surface area contributed by atoms with Crippen LogP contribution in [0.5, 0.6) is 0 Å². The third-order valence-electron chi connectivity index (χ3n) is 2.17. The predicted octanol–water partition coefficient (Wildman–Crippen LogP) is 1.77. The Balaban J connectivity index is 3.23. The molecule has 1 aromatic heterocycles. The smallest absolute Gasteiger partial charge is 0.336 e. The molecule has 1 rings (SSSR count). The van der Waals surface area contributed by atoms with Crippen molar-refractivity contribution >= 4 is 5.97 Å². The third kappa shape index (κ3) is 2.68. The monoisotopic (exact) mass is 210 g/mol. The van der Waals surface area contributed by atoms with Crippen molar-refractivity contribution in [2.45, 2.75) is 26.7 Å². The van der Waals surface area contributed by atoms with Crippen LogP contribution in [0, 0.1) is 12.8 Å². The molecule has 1 heterocycles. The second-order valence-corrected chi connectivity index (χ2v) is 3.92. The molecule has 0 aliphatic rings. The van der Waals surface area contributed by atoms with Crippen LogP contribution in [-0.2, 0) is 4.79 Å². The van der Waals surface area contributed by atoms with E-state index < -0.39 is 17.5 Å². The first kappa shape index (κ1) is 11.5. The fourth-order valence-electron chi connectivity index (χ4n) is 1.52. The van der Waals surface area contributed by atoms with Crippen LogP contribution in [0.1, 0.15) is 31.1 Å². The van der Waals surface area contributed by atoms with Crippen molar-refractivity contribution in [1.82, 2.24) is 0 Å². The molecule has 0 bridgehead atoms. The standard InChI is InChI=1S/C11H14O4/c1-6(2)10(11(13)14)8-4-7(3)5-9(12)15-8/h4-6,10H,1-3H3,(H,13,14). The number of carbonyl (C=O) groups is 1. The molecule has 0 saturated heterocycles. The first-order valence-corrected chi connectivity index (χ1v) is 4.76. The Kier molecular flexibility index (Phi) is 3.29. The molecule has 4 nitrogen and oxygen atoms in total. The number of aliphatic carboxylic acids is 1. The number of carboxylic acids is 1. The Morgan fingerprint density at radius 2 is 2.00 bits per heavy atom. The van der Waals surface area contributed by atoms with Crippen molar-refractivity contribution in [3.8, 4) is 0 Å². The Morgan fingerprint density at radius 1 is 1.40 bits per heavy atom. The van der Waals surface area contributed by atoms with Gasteiger partial charge in [-0.25, -0.2) is 4.79 Å². The van der Waals surface area contributed by atoms with Crippen molar-refractivity contribution in [3.63, 3.8) is 0 Å². The van der Waals surface area contributed by atoms with Crippen LogP contribution < -0.4 is 5.63 Å². The summed E-state index contributed by atoms with van der Waals surface area (Å²) in [5.41, 5.74) is 0.213. The summed E-state index contributed by atoms with van der Waals surface area (Å²) in [7, 11) is 0. The average molecular weight is 210 g/mol. The molecular weight excluding hydrogens is 196 g/mol. The Bertz CT molecular complexity index is 417. The summed E-state index contributed by atoms with van der Waals surface area (Å²) in [5, 5.41) is 9.02. The second kappa shape index (κ2) is 4.29. The van der Waals surface area contributed by atoms with E-state index in [0.717, 1.165) is 0 Å². The minimum atomic E-state index is -0.973. The molecule has 0 aliphatic carbocycles. The molecule has 1 atom stereocenters. The Hall–Kier alpha value is -1.58. The lowest BCUT2D eigenvalue weighted by Gasteiger charge is -2.14. The van der Waals surface area contributed by atoms with Gasteiger partial charge in [0.1, 0.15) is 11.7 Å². The molecule has 0 amide bonds. The van der Waals surface area contributed by atoms with Gasteiger partial charge in [0.15, 0.2) is 0 Å². The van der Waals surface area contributed by atoms with Crippen molar-refractivity contribution in [2.75, 3.05) is 0 Å². The van der Waals surface area contributed by atoms with E-state index >= 15 is 0 Å². The highest BCUT2D eigenvalue weighted by Crippen LogP contribution is 2.24. The maximum Gasteiger partial charge on any atom is 0.336 e. The van der Waals surface area contributed by atoms with Gasteiger partial charge in [0.05, 0.1) is 0 Å². The molecule has 0 spiro atoms. The molecule has 1 aromatic rings. The quantitative estimate of drug-likeness (QED) is 0.825. The summed E-state index contributed by atoms with van der Waals surface area (Å²) in [5.74, 6) is -1.63. The highest BCUT2D eigenvalue weighted by molar-refractivity contribution is 5.75. The van der Waals surface area contributed by atoms with Crippen molar-refractivity contribution in [2.24, 2.45) is 5.92 Å². The summed E-state index contributed by atoms with van der Waals surface area (Å²) in [6.07, 6.45) is 0. The molecule has 15 heavy (non-hydrogen) atoms. The molecule has 1 unspecified atom stereocenters. The lowest BCUT2D eigenvalue weighted by Crippen LogP contribution is -2.19. The van der Waals surface area contributed by atoms with E-state index in [2.05, 4.69) is 0 Å². The summed E-state index contributed by atoms with van der Waals surface area (Å²) < 4.78 is 4.91. The van der Waals surface area contributed by atoms with Gasteiger partial charge in [-0.05, 0) is 24.5 Å². The highest BCUT2D eigenvalue weighted by atomic mass is 16.4. The zero-order chi connectivity index (χ0) is 11.6. The van der Waals surface area contributed by atoms with E-state index in [-0.39, 0.29) is 11.7 Å². The van der Waals surface area contributed by atoms with E-state index in [1.54, 1.807) is 26.8 Å². The van der Waals surface area contributed by atoms with Crippen LogP contribution >= 0.6 is 0 Å². The minimum Gasteiger partial charge on any atom is -0.481 e. The lowest BCUT2D eigenvalue weighted by molar-refractivity contribution is -0.140. The van der Waals surface area contributed by atoms with Crippen LogP contribution in [0.2, 0.25) is 0 Å². The van der Waals surface area contributed by atoms with E-state index in [0.29, 0.717) is 5.56 Å². The van der Waals surface area contributed by atoms with Crippen molar-refractivity contribution < 1.29 is 14.3 Å². The fraction of sp³-hybridized carbons (Fsp3) is 0.455. The largest absolute Gasteiger partial charge is 0.481 e. The van der Waals surface area contributed by atoms with Gasteiger partial charge in [0.2, 0.25) is 0 Å². The average Bonchev–Trinajstić information content (AvgIpc) is 1.99. The van der Waals surface area contributed by atoms with Gasteiger partial charge in [-0.2, -0.15) is 0 Å². The number of hydrogen-bond acceptors (Lipinski definition) is 3. The van der Waals surface area contributed by atoms with Crippen molar-refractivity contribution in [3.05, 3.63) is 33.9 Å². The van der Waals surface area contributed by atoms with E-state index in [1.807, 2.05) is 0 Å². The van der Waals surface area contributed by atoms with Crippen LogP contribution in [0.15, 0.2) is 21.3 Å². The Labute approximate surface area is 87.5 Å². The fourth-order valence-corrected chi connectivity index (χ4v) is 1.52. The molecule has 0 aliphatic heterocycles. The molecule has 0 saturated carbocycles. The Morgan fingerprint density at radius 3 is 2.40 bits per heavy atom. The van der Waals surface area contributed by atoms with Gasteiger partial charge in [-0.1, -0.05) is 13.8 Å². The van der Waals surface area contributed by atoms with Gasteiger partial charge in [-0.15, -0.1) is 0 Å². The molecule has 4 heteroatoms.